The molecule has 0 aromatic heterocycles. The summed E-state index contributed by atoms with van der Waals surface area (Å²) in [5.41, 5.74) is 1.20. The molecule has 0 bridgehead atoms. The highest BCUT2D eigenvalue weighted by Gasteiger charge is 2.18. The van der Waals surface area contributed by atoms with E-state index in [2.05, 4.69) is 10.6 Å². The van der Waals surface area contributed by atoms with Crippen molar-refractivity contribution in [1.82, 2.24) is 15.5 Å². The lowest BCUT2D eigenvalue weighted by Gasteiger charge is -2.14. The Kier molecular flexibility index (Phi) is 7.51. The lowest BCUT2D eigenvalue weighted by Crippen LogP contribution is -2.29. The summed E-state index contributed by atoms with van der Waals surface area (Å²) in [6.45, 7) is 2.65. The van der Waals surface area contributed by atoms with Crippen LogP contribution in [-0.2, 0) is 16.0 Å². The molecule has 0 atom stereocenters. The van der Waals surface area contributed by atoms with E-state index in [0.717, 1.165) is 31.4 Å². The number of nitrogens with zero attached hydrogens (tertiary/aromatic N) is 2. The molecule has 2 N–H and O–H groups in total. The van der Waals surface area contributed by atoms with Gasteiger partial charge in [-0.15, -0.1) is 0 Å². The van der Waals surface area contributed by atoms with Gasteiger partial charge in [-0.1, -0.05) is 30.3 Å². The van der Waals surface area contributed by atoms with E-state index in [1.807, 2.05) is 41.3 Å². The molecule has 2 amide bonds. The first-order chi connectivity index (χ1) is 12.2. The molecule has 1 aromatic rings. The number of hydrogen-bond acceptors (Lipinski definition) is 4. The highest BCUT2D eigenvalue weighted by Crippen LogP contribution is 2.09. The summed E-state index contributed by atoms with van der Waals surface area (Å²) in [4.78, 5) is 25.3. The van der Waals surface area contributed by atoms with Gasteiger partial charge >= 0.3 is 0 Å². The summed E-state index contributed by atoms with van der Waals surface area (Å²) in [6, 6.07) is 11.8. The molecule has 6 nitrogen and oxygen atoms in total. The number of amides is 2. The summed E-state index contributed by atoms with van der Waals surface area (Å²) in [5.74, 6) is -0.160. The van der Waals surface area contributed by atoms with Gasteiger partial charge in [0.05, 0.1) is 0 Å². The van der Waals surface area contributed by atoms with Crippen LogP contribution in [0.4, 0.5) is 0 Å². The smallest absolute Gasteiger partial charge is 0.263 e. The number of hydrogen-bond donors (Lipinski definition) is 2. The number of benzene rings is 1. The van der Waals surface area contributed by atoms with E-state index in [1.165, 1.54) is 6.20 Å². The molecule has 0 radical (unpaired) electrons. The number of likely N-dealkylation sites (tertiary alicyclic amines) is 1. The molecule has 1 saturated heterocycles. The van der Waals surface area contributed by atoms with Crippen LogP contribution in [0.1, 0.15) is 24.8 Å². The first-order valence-corrected chi connectivity index (χ1v) is 8.64. The fourth-order valence-corrected chi connectivity index (χ4v) is 2.70. The Morgan fingerprint density at radius 3 is 2.76 bits per heavy atom. The second-order valence-corrected chi connectivity index (χ2v) is 5.95. The fraction of sp³-hybridized carbons (Fsp3) is 0.421. The monoisotopic (exact) mass is 340 g/mol. The molecule has 2 rings (SSSR count). The molecular weight excluding hydrogens is 316 g/mol. The lowest BCUT2D eigenvalue weighted by molar-refractivity contribution is -0.127. The van der Waals surface area contributed by atoms with E-state index < -0.39 is 0 Å². The van der Waals surface area contributed by atoms with Crippen LogP contribution in [-0.4, -0.2) is 42.9 Å². The summed E-state index contributed by atoms with van der Waals surface area (Å²) < 4.78 is 0. The van der Waals surface area contributed by atoms with Crippen molar-refractivity contribution in [3.05, 3.63) is 47.7 Å². The van der Waals surface area contributed by atoms with Gasteiger partial charge in [0.25, 0.3) is 5.91 Å². The SMILES string of the molecule is N#C/C(=C/NCCCN1CCCC1=O)C(=O)NCCc1ccccc1. The highest BCUT2D eigenvalue weighted by molar-refractivity contribution is 5.97. The van der Waals surface area contributed by atoms with Crippen molar-refractivity contribution in [2.24, 2.45) is 0 Å². The average Bonchev–Trinajstić information content (AvgIpc) is 3.04. The minimum absolute atomic E-state index is 0.0605. The van der Waals surface area contributed by atoms with Crippen LogP contribution in [0.5, 0.6) is 0 Å². The van der Waals surface area contributed by atoms with Gasteiger partial charge in [0, 0.05) is 38.8 Å². The van der Waals surface area contributed by atoms with E-state index in [4.69, 9.17) is 5.26 Å². The van der Waals surface area contributed by atoms with E-state index in [-0.39, 0.29) is 17.4 Å². The van der Waals surface area contributed by atoms with Crippen LogP contribution in [0.2, 0.25) is 0 Å². The first-order valence-electron chi connectivity index (χ1n) is 8.64. The molecule has 0 unspecified atom stereocenters. The number of rotatable bonds is 9. The largest absolute Gasteiger partial charge is 0.390 e. The molecule has 132 valence electrons. The molecule has 1 heterocycles. The predicted molar refractivity (Wildman–Crippen MR) is 95.3 cm³/mol. The maximum absolute atomic E-state index is 12.0. The Balaban J connectivity index is 1.65. The third-order valence-electron chi connectivity index (χ3n) is 4.07. The van der Waals surface area contributed by atoms with Gasteiger partial charge in [-0.3, -0.25) is 9.59 Å². The van der Waals surface area contributed by atoms with Crippen molar-refractivity contribution >= 4 is 11.8 Å². The predicted octanol–water partition coefficient (Wildman–Crippen LogP) is 1.35. The Labute approximate surface area is 148 Å². The minimum atomic E-state index is -0.374. The molecule has 1 aliphatic heterocycles. The van der Waals surface area contributed by atoms with Crippen molar-refractivity contribution < 1.29 is 9.59 Å². The van der Waals surface area contributed by atoms with Crippen LogP contribution in [0.3, 0.4) is 0 Å². The van der Waals surface area contributed by atoms with E-state index in [1.54, 1.807) is 0 Å². The quantitative estimate of drug-likeness (QED) is 0.404. The summed E-state index contributed by atoms with van der Waals surface area (Å²) in [6.07, 6.45) is 4.55. The minimum Gasteiger partial charge on any atom is -0.390 e. The van der Waals surface area contributed by atoms with Crippen molar-refractivity contribution in [2.75, 3.05) is 26.2 Å². The maximum atomic E-state index is 12.0. The summed E-state index contributed by atoms with van der Waals surface area (Å²) >= 11 is 0. The van der Waals surface area contributed by atoms with Gasteiger partial charge in [0.15, 0.2) is 0 Å². The van der Waals surface area contributed by atoms with Crippen molar-refractivity contribution in [3.8, 4) is 6.07 Å². The average molecular weight is 340 g/mol. The number of nitrogens with one attached hydrogen (secondary N) is 2. The number of nitriles is 1. The van der Waals surface area contributed by atoms with Gasteiger partial charge in [0.1, 0.15) is 11.6 Å². The molecule has 1 aromatic carbocycles. The summed E-state index contributed by atoms with van der Waals surface area (Å²) in [7, 11) is 0. The molecule has 0 spiro atoms. The third kappa shape index (κ3) is 6.30. The zero-order chi connectivity index (χ0) is 17.9. The lowest BCUT2D eigenvalue weighted by atomic mass is 10.1. The number of carbonyl (C=O) groups excluding carboxylic acids is 2. The van der Waals surface area contributed by atoms with Gasteiger partial charge < -0.3 is 15.5 Å². The van der Waals surface area contributed by atoms with Crippen LogP contribution < -0.4 is 10.6 Å². The Morgan fingerprint density at radius 1 is 1.28 bits per heavy atom. The number of carbonyl (C=O) groups is 2. The van der Waals surface area contributed by atoms with Crippen molar-refractivity contribution in [2.45, 2.75) is 25.7 Å². The summed E-state index contributed by atoms with van der Waals surface area (Å²) in [5, 5.41) is 14.8. The first kappa shape index (κ1) is 18.5. The fourth-order valence-electron chi connectivity index (χ4n) is 2.70. The Hall–Kier alpha value is -2.81. The second-order valence-electron chi connectivity index (χ2n) is 5.95. The van der Waals surface area contributed by atoms with Crippen molar-refractivity contribution in [1.29, 1.82) is 5.26 Å². The van der Waals surface area contributed by atoms with Crippen LogP contribution in [0, 0.1) is 11.3 Å². The molecule has 1 fully saturated rings. The van der Waals surface area contributed by atoms with E-state index in [9.17, 15) is 9.59 Å². The van der Waals surface area contributed by atoms with Crippen molar-refractivity contribution in [3.63, 3.8) is 0 Å². The zero-order valence-electron chi connectivity index (χ0n) is 14.3. The second kappa shape index (κ2) is 10.1. The van der Waals surface area contributed by atoms with Crippen LogP contribution in [0.25, 0.3) is 0 Å². The van der Waals surface area contributed by atoms with E-state index in [0.29, 0.717) is 26.1 Å². The van der Waals surface area contributed by atoms with Gasteiger partial charge in [-0.05, 0) is 24.8 Å². The highest BCUT2D eigenvalue weighted by atomic mass is 16.2. The third-order valence-corrected chi connectivity index (χ3v) is 4.07. The van der Waals surface area contributed by atoms with E-state index >= 15 is 0 Å². The zero-order valence-corrected chi connectivity index (χ0v) is 14.3. The van der Waals surface area contributed by atoms with Crippen LogP contribution >= 0.6 is 0 Å². The molecule has 1 aliphatic rings. The van der Waals surface area contributed by atoms with Gasteiger partial charge in [0.2, 0.25) is 5.91 Å². The molecule has 0 aliphatic carbocycles. The van der Waals surface area contributed by atoms with Gasteiger partial charge in [-0.25, -0.2) is 0 Å². The normalized spacial score (nSPS) is 14.3. The van der Waals surface area contributed by atoms with Crippen LogP contribution in [0.15, 0.2) is 42.1 Å². The molecule has 0 saturated carbocycles. The topological polar surface area (TPSA) is 85.2 Å². The molecule has 25 heavy (non-hydrogen) atoms. The Morgan fingerprint density at radius 2 is 2.08 bits per heavy atom. The standard InChI is InChI=1S/C19H24N4O2/c20-14-17(15-21-10-5-13-23-12-4-8-18(23)24)19(25)22-11-9-16-6-2-1-3-7-16/h1-3,6-7,15,21H,4-5,8-13H2,(H,22,25)/b17-15-. The van der Waals surface area contributed by atoms with Gasteiger partial charge in [-0.2, -0.15) is 5.26 Å². The molecule has 6 heteroatoms. The molecular formula is C19H24N4O2. The maximum Gasteiger partial charge on any atom is 0.263 e. The Bertz CT molecular complexity index is 649.